The summed E-state index contributed by atoms with van der Waals surface area (Å²) in [5, 5.41) is 0. The van der Waals surface area contributed by atoms with E-state index in [1.807, 2.05) is 6.08 Å². The van der Waals surface area contributed by atoms with E-state index < -0.39 is 0 Å². The van der Waals surface area contributed by atoms with Crippen LogP contribution in [0.1, 0.15) is 39.0 Å². The molecule has 0 rings (SSSR count). The lowest BCUT2D eigenvalue weighted by Crippen LogP contribution is -1.97. The van der Waals surface area contributed by atoms with Crippen LogP contribution in [0.15, 0.2) is 24.3 Å². The van der Waals surface area contributed by atoms with Crippen LogP contribution in [0.5, 0.6) is 0 Å². The highest BCUT2D eigenvalue weighted by atomic mass is 16.5. The molecule has 14 heavy (non-hydrogen) atoms. The van der Waals surface area contributed by atoms with Crippen molar-refractivity contribution in [3.63, 3.8) is 0 Å². The van der Waals surface area contributed by atoms with E-state index in [0.29, 0.717) is 6.42 Å². The summed E-state index contributed by atoms with van der Waals surface area (Å²) in [6, 6.07) is 0. The smallest absolute Gasteiger partial charge is 0.305 e. The van der Waals surface area contributed by atoms with Crippen LogP contribution in [-0.2, 0) is 9.53 Å². The third kappa shape index (κ3) is 9.04. The first-order valence-electron chi connectivity index (χ1n) is 5.18. The summed E-state index contributed by atoms with van der Waals surface area (Å²) in [6.45, 7) is 2.16. The monoisotopic (exact) mass is 196 g/mol. The fourth-order valence-corrected chi connectivity index (χ4v) is 0.977. The normalized spacial score (nSPS) is 11.3. The summed E-state index contributed by atoms with van der Waals surface area (Å²) in [6.07, 6.45) is 13.0. The van der Waals surface area contributed by atoms with Crippen LogP contribution >= 0.6 is 0 Å². The van der Waals surface area contributed by atoms with Crippen molar-refractivity contribution in [2.75, 3.05) is 7.11 Å². The molecule has 0 spiro atoms. The van der Waals surface area contributed by atoms with Gasteiger partial charge in [-0.1, -0.05) is 37.6 Å². The summed E-state index contributed by atoms with van der Waals surface area (Å²) in [4.78, 5) is 10.7. The van der Waals surface area contributed by atoms with Crippen LogP contribution in [0.3, 0.4) is 0 Å². The Balaban J connectivity index is 3.31. The molecule has 0 aliphatic rings. The molecular weight excluding hydrogens is 176 g/mol. The van der Waals surface area contributed by atoms with Gasteiger partial charge in [0.1, 0.15) is 0 Å². The number of hydrogen-bond donors (Lipinski definition) is 0. The van der Waals surface area contributed by atoms with Gasteiger partial charge in [0.05, 0.1) is 7.11 Å². The molecule has 0 aromatic carbocycles. The van der Waals surface area contributed by atoms with Crippen LogP contribution in [0.25, 0.3) is 0 Å². The topological polar surface area (TPSA) is 26.3 Å². The quantitative estimate of drug-likeness (QED) is 0.461. The molecular formula is C12H20O2. The Labute approximate surface area is 86.6 Å². The first kappa shape index (κ1) is 12.9. The van der Waals surface area contributed by atoms with Gasteiger partial charge in [-0.2, -0.15) is 0 Å². The molecule has 0 aromatic rings. The minimum atomic E-state index is -0.142. The van der Waals surface area contributed by atoms with Gasteiger partial charge in [-0.05, 0) is 19.3 Å². The molecule has 0 heterocycles. The number of carbonyl (C=O) groups is 1. The second-order valence-corrected chi connectivity index (χ2v) is 3.08. The minimum Gasteiger partial charge on any atom is -0.469 e. The van der Waals surface area contributed by atoms with Gasteiger partial charge < -0.3 is 4.74 Å². The van der Waals surface area contributed by atoms with Crippen molar-refractivity contribution in [2.24, 2.45) is 0 Å². The number of carbonyl (C=O) groups excluding carboxylic acids is 1. The molecule has 0 radical (unpaired) electrons. The molecule has 0 fully saturated rings. The Morgan fingerprint density at radius 1 is 1.14 bits per heavy atom. The maximum atomic E-state index is 10.7. The Morgan fingerprint density at radius 2 is 1.79 bits per heavy atom. The molecule has 0 atom stereocenters. The van der Waals surface area contributed by atoms with E-state index in [2.05, 4.69) is 29.9 Å². The van der Waals surface area contributed by atoms with Crippen molar-refractivity contribution >= 4 is 5.97 Å². The molecule has 2 nitrogen and oxygen atoms in total. The average molecular weight is 196 g/mol. The van der Waals surface area contributed by atoms with E-state index in [0.717, 1.165) is 19.3 Å². The van der Waals surface area contributed by atoms with Crippen LogP contribution in [0.2, 0.25) is 0 Å². The summed E-state index contributed by atoms with van der Waals surface area (Å²) in [7, 11) is 1.42. The van der Waals surface area contributed by atoms with Gasteiger partial charge in [0.25, 0.3) is 0 Å². The average Bonchev–Trinajstić information content (AvgIpc) is 2.21. The maximum absolute atomic E-state index is 10.7. The van der Waals surface area contributed by atoms with Crippen molar-refractivity contribution in [3.05, 3.63) is 24.3 Å². The zero-order valence-corrected chi connectivity index (χ0v) is 9.16. The van der Waals surface area contributed by atoms with Gasteiger partial charge in [-0.25, -0.2) is 0 Å². The summed E-state index contributed by atoms with van der Waals surface area (Å²) < 4.78 is 4.52. The lowest BCUT2D eigenvalue weighted by molar-refractivity contribution is -0.140. The molecule has 80 valence electrons. The number of hydrogen-bond acceptors (Lipinski definition) is 2. The van der Waals surface area contributed by atoms with Gasteiger partial charge in [0.2, 0.25) is 0 Å². The Hall–Kier alpha value is -1.05. The lowest BCUT2D eigenvalue weighted by Gasteiger charge is -1.93. The van der Waals surface area contributed by atoms with Crippen LogP contribution in [0.4, 0.5) is 0 Å². The number of esters is 1. The molecule has 0 aliphatic carbocycles. The van der Waals surface area contributed by atoms with Gasteiger partial charge in [0.15, 0.2) is 0 Å². The molecule has 0 amide bonds. The van der Waals surface area contributed by atoms with Crippen molar-refractivity contribution in [3.8, 4) is 0 Å². The molecule has 2 heteroatoms. The number of ether oxygens (including phenoxy) is 1. The zero-order valence-electron chi connectivity index (χ0n) is 9.16. The van der Waals surface area contributed by atoms with Crippen LogP contribution < -0.4 is 0 Å². The molecule has 0 bridgehead atoms. The highest BCUT2D eigenvalue weighted by Crippen LogP contribution is 1.96. The third-order valence-corrected chi connectivity index (χ3v) is 1.80. The largest absolute Gasteiger partial charge is 0.469 e. The highest BCUT2D eigenvalue weighted by Gasteiger charge is 1.94. The highest BCUT2D eigenvalue weighted by molar-refractivity contribution is 5.69. The van der Waals surface area contributed by atoms with E-state index in [9.17, 15) is 4.79 Å². The van der Waals surface area contributed by atoms with Crippen LogP contribution in [-0.4, -0.2) is 13.1 Å². The van der Waals surface area contributed by atoms with Gasteiger partial charge in [-0.3, -0.25) is 4.79 Å². The van der Waals surface area contributed by atoms with Crippen molar-refractivity contribution in [1.82, 2.24) is 0 Å². The molecule has 0 saturated carbocycles. The van der Waals surface area contributed by atoms with E-state index in [1.165, 1.54) is 13.5 Å². The number of rotatable bonds is 7. The summed E-state index contributed by atoms with van der Waals surface area (Å²) >= 11 is 0. The number of allylic oxidation sites excluding steroid dienone is 4. The van der Waals surface area contributed by atoms with E-state index in [1.54, 1.807) is 0 Å². The maximum Gasteiger partial charge on any atom is 0.305 e. The molecule has 0 aromatic heterocycles. The van der Waals surface area contributed by atoms with Crippen LogP contribution in [0, 0.1) is 0 Å². The first-order valence-corrected chi connectivity index (χ1v) is 5.18. The predicted octanol–water partition coefficient (Wildman–Crippen LogP) is 3.24. The minimum absolute atomic E-state index is 0.142. The third-order valence-electron chi connectivity index (χ3n) is 1.80. The molecule has 0 aliphatic heterocycles. The second kappa shape index (κ2) is 10.0. The molecule has 0 unspecified atom stereocenters. The Bertz CT molecular complexity index is 192. The van der Waals surface area contributed by atoms with Gasteiger partial charge in [0, 0.05) is 6.42 Å². The molecule has 0 N–H and O–H groups in total. The first-order chi connectivity index (χ1) is 6.81. The van der Waals surface area contributed by atoms with Crippen molar-refractivity contribution < 1.29 is 9.53 Å². The Morgan fingerprint density at radius 3 is 2.36 bits per heavy atom. The number of methoxy groups -OCH3 is 1. The Kier molecular flexibility index (Phi) is 9.28. The standard InChI is InChI=1S/C12H20O2/c1-3-4-5-6-7-8-9-10-11-12(13)14-2/h5-6,8-9H,3-4,7,10-11H2,1-2H3/b6-5+,9-8+. The van der Waals surface area contributed by atoms with E-state index in [4.69, 9.17) is 0 Å². The van der Waals surface area contributed by atoms with E-state index >= 15 is 0 Å². The van der Waals surface area contributed by atoms with Crippen molar-refractivity contribution in [2.45, 2.75) is 39.0 Å². The zero-order chi connectivity index (χ0) is 10.6. The second-order valence-electron chi connectivity index (χ2n) is 3.08. The fraction of sp³-hybridized carbons (Fsp3) is 0.583. The fourth-order valence-electron chi connectivity index (χ4n) is 0.977. The van der Waals surface area contributed by atoms with Gasteiger partial charge in [-0.15, -0.1) is 0 Å². The molecule has 0 saturated heterocycles. The van der Waals surface area contributed by atoms with Crippen molar-refractivity contribution in [1.29, 1.82) is 0 Å². The lowest BCUT2D eigenvalue weighted by atomic mass is 10.2. The summed E-state index contributed by atoms with van der Waals surface area (Å²) in [5.41, 5.74) is 0. The summed E-state index contributed by atoms with van der Waals surface area (Å²) in [5.74, 6) is -0.142. The van der Waals surface area contributed by atoms with E-state index in [-0.39, 0.29) is 5.97 Å². The SMILES string of the molecule is CCC/C=C/C/C=C/CCC(=O)OC. The van der Waals surface area contributed by atoms with Gasteiger partial charge >= 0.3 is 5.97 Å². The number of unbranched alkanes of at least 4 members (excludes halogenated alkanes) is 1. The predicted molar refractivity (Wildman–Crippen MR) is 59.1 cm³/mol.